The summed E-state index contributed by atoms with van der Waals surface area (Å²) in [5.41, 5.74) is 0. The van der Waals surface area contributed by atoms with Crippen LogP contribution in [0.25, 0.3) is 0 Å². The van der Waals surface area contributed by atoms with Crippen LogP contribution >= 0.6 is 23.2 Å². The van der Waals surface area contributed by atoms with Crippen LogP contribution in [0, 0.1) is 0 Å². The number of anilines is 2. The molecule has 0 saturated heterocycles. The third kappa shape index (κ3) is 3.92. The lowest BCUT2D eigenvalue weighted by Crippen LogP contribution is -2.13. The van der Waals surface area contributed by atoms with E-state index in [1.807, 2.05) is 30.3 Å². The second-order valence-electron chi connectivity index (χ2n) is 3.99. The van der Waals surface area contributed by atoms with Crippen molar-refractivity contribution in [3.63, 3.8) is 0 Å². The average Bonchev–Trinajstić information content (AvgIpc) is 2.46. The Labute approximate surface area is 128 Å². The lowest BCUT2D eigenvalue weighted by molar-refractivity contribution is 0.333. The summed E-state index contributed by atoms with van der Waals surface area (Å²) in [7, 11) is 1.75. The van der Waals surface area contributed by atoms with Gasteiger partial charge in [-0.1, -0.05) is 41.4 Å². The molecule has 1 aromatic heterocycles. The van der Waals surface area contributed by atoms with E-state index < -0.39 is 0 Å². The number of rotatable bonds is 6. The predicted octanol–water partition coefficient (Wildman–Crippen LogP) is 3.92. The van der Waals surface area contributed by atoms with Crippen molar-refractivity contribution in [2.24, 2.45) is 0 Å². The van der Waals surface area contributed by atoms with E-state index in [9.17, 15) is 0 Å². The van der Waals surface area contributed by atoms with Crippen LogP contribution in [0.1, 0.15) is 0 Å². The van der Waals surface area contributed by atoms with Crippen LogP contribution < -0.4 is 15.4 Å². The first-order valence-corrected chi connectivity index (χ1v) is 6.92. The summed E-state index contributed by atoms with van der Waals surface area (Å²) in [5, 5.41) is 6.99. The minimum Gasteiger partial charge on any atom is -0.492 e. The van der Waals surface area contributed by atoms with E-state index in [0.29, 0.717) is 34.8 Å². The number of halogens is 2. The molecule has 20 heavy (non-hydrogen) atoms. The zero-order chi connectivity index (χ0) is 14.4. The monoisotopic (exact) mass is 311 g/mol. The van der Waals surface area contributed by atoms with Gasteiger partial charge in [0.05, 0.1) is 16.6 Å². The Kier molecular flexibility index (Phi) is 5.32. The highest BCUT2D eigenvalue weighted by Crippen LogP contribution is 2.28. The van der Waals surface area contributed by atoms with Gasteiger partial charge in [-0.05, 0) is 18.2 Å². The Bertz CT molecular complexity index is 564. The van der Waals surface area contributed by atoms with E-state index in [0.717, 1.165) is 5.75 Å². The van der Waals surface area contributed by atoms with Crippen molar-refractivity contribution in [3.05, 3.63) is 46.4 Å². The van der Waals surface area contributed by atoms with Crippen molar-refractivity contribution in [1.82, 2.24) is 4.98 Å². The van der Waals surface area contributed by atoms with Crippen molar-refractivity contribution in [3.8, 4) is 5.75 Å². The summed E-state index contributed by atoms with van der Waals surface area (Å²) in [6.45, 7) is 1.10. The highest BCUT2D eigenvalue weighted by molar-refractivity contribution is 6.37. The molecular weight excluding hydrogens is 297 g/mol. The minimum atomic E-state index is 0.480. The Morgan fingerprint density at radius 3 is 2.50 bits per heavy atom. The minimum absolute atomic E-state index is 0.480. The van der Waals surface area contributed by atoms with E-state index in [4.69, 9.17) is 27.9 Å². The van der Waals surface area contributed by atoms with Crippen molar-refractivity contribution in [2.75, 3.05) is 30.8 Å². The van der Waals surface area contributed by atoms with Gasteiger partial charge in [0, 0.05) is 7.05 Å². The van der Waals surface area contributed by atoms with Crippen molar-refractivity contribution >= 4 is 34.8 Å². The largest absolute Gasteiger partial charge is 0.492 e. The van der Waals surface area contributed by atoms with Crippen molar-refractivity contribution in [1.29, 1.82) is 0 Å². The first-order valence-electron chi connectivity index (χ1n) is 6.16. The molecule has 0 fully saturated rings. The predicted molar refractivity (Wildman–Crippen MR) is 84.2 cm³/mol. The molecule has 0 unspecified atom stereocenters. The number of para-hydroxylation sites is 1. The van der Waals surface area contributed by atoms with E-state index in [2.05, 4.69) is 15.6 Å². The highest BCUT2D eigenvalue weighted by atomic mass is 35.5. The second-order valence-corrected chi connectivity index (χ2v) is 4.80. The zero-order valence-electron chi connectivity index (χ0n) is 11.0. The normalized spacial score (nSPS) is 10.2. The molecular formula is C14H15Cl2N3O. The van der Waals surface area contributed by atoms with Gasteiger partial charge in [0.15, 0.2) is 0 Å². The topological polar surface area (TPSA) is 46.2 Å². The molecule has 1 heterocycles. The molecule has 0 amide bonds. The van der Waals surface area contributed by atoms with Crippen LogP contribution in [0.3, 0.4) is 0 Å². The highest BCUT2D eigenvalue weighted by Gasteiger charge is 2.07. The van der Waals surface area contributed by atoms with Crippen LogP contribution in [0.4, 0.5) is 11.6 Å². The maximum absolute atomic E-state index is 6.08. The van der Waals surface area contributed by atoms with Gasteiger partial charge in [0.25, 0.3) is 0 Å². The van der Waals surface area contributed by atoms with Crippen LogP contribution in [0.2, 0.25) is 10.0 Å². The molecule has 0 aliphatic carbocycles. The number of benzene rings is 1. The van der Waals surface area contributed by atoms with Gasteiger partial charge < -0.3 is 15.4 Å². The quantitative estimate of drug-likeness (QED) is 0.794. The van der Waals surface area contributed by atoms with Crippen LogP contribution in [-0.2, 0) is 0 Å². The Hall–Kier alpha value is -1.65. The van der Waals surface area contributed by atoms with Gasteiger partial charge in [-0.25, -0.2) is 4.98 Å². The van der Waals surface area contributed by atoms with Gasteiger partial charge in [-0.2, -0.15) is 0 Å². The molecule has 0 spiro atoms. The fraction of sp³-hybridized carbons (Fsp3) is 0.214. The van der Waals surface area contributed by atoms with E-state index in [1.54, 1.807) is 13.1 Å². The molecule has 106 valence electrons. The molecule has 1 aromatic carbocycles. The number of ether oxygens (including phenoxy) is 1. The molecule has 0 aliphatic heterocycles. The molecule has 0 aliphatic rings. The molecule has 0 bridgehead atoms. The summed E-state index contributed by atoms with van der Waals surface area (Å²) in [6, 6.07) is 11.3. The number of nitrogens with one attached hydrogen (secondary N) is 2. The summed E-state index contributed by atoms with van der Waals surface area (Å²) in [5.74, 6) is 2.00. The standard InChI is InChI=1S/C14H15Cl2N3O/c1-17-13-11(15)9-12(16)14(19-13)18-7-8-20-10-5-3-2-4-6-10/h2-6,9H,7-8H2,1H3,(H2,17,18,19). The summed E-state index contributed by atoms with van der Waals surface area (Å²) >= 11 is 12.1. The lowest BCUT2D eigenvalue weighted by atomic mass is 10.3. The number of aromatic nitrogens is 1. The molecule has 2 N–H and O–H groups in total. The third-order valence-electron chi connectivity index (χ3n) is 2.57. The first-order chi connectivity index (χ1) is 9.70. The van der Waals surface area contributed by atoms with E-state index >= 15 is 0 Å². The van der Waals surface area contributed by atoms with Crippen molar-refractivity contribution in [2.45, 2.75) is 0 Å². The molecule has 0 radical (unpaired) electrons. The zero-order valence-corrected chi connectivity index (χ0v) is 12.5. The van der Waals surface area contributed by atoms with Gasteiger partial charge in [-0.15, -0.1) is 0 Å². The third-order valence-corrected chi connectivity index (χ3v) is 3.15. The van der Waals surface area contributed by atoms with Crippen LogP contribution in [-0.4, -0.2) is 25.2 Å². The number of pyridine rings is 1. The molecule has 6 heteroatoms. The first kappa shape index (κ1) is 14.8. The Morgan fingerprint density at radius 2 is 1.80 bits per heavy atom. The van der Waals surface area contributed by atoms with E-state index in [-0.39, 0.29) is 0 Å². The molecule has 0 saturated carbocycles. The lowest BCUT2D eigenvalue weighted by Gasteiger charge is -2.11. The molecule has 4 nitrogen and oxygen atoms in total. The van der Waals surface area contributed by atoms with Gasteiger partial charge >= 0.3 is 0 Å². The summed E-state index contributed by atoms with van der Waals surface area (Å²) in [4.78, 5) is 4.29. The summed E-state index contributed by atoms with van der Waals surface area (Å²) < 4.78 is 5.57. The van der Waals surface area contributed by atoms with E-state index in [1.165, 1.54) is 0 Å². The van der Waals surface area contributed by atoms with Gasteiger partial charge in [0.1, 0.15) is 24.0 Å². The maximum atomic E-state index is 6.08. The van der Waals surface area contributed by atoms with Crippen LogP contribution in [0.5, 0.6) is 5.75 Å². The van der Waals surface area contributed by atoms with Gasteiger partial charge in [-0.3, -0.25) is 0 Å². The van der Waals surface area contributed by atoms with Crippen LogP contribution in [0.15, 0.2) is 36.4 Å². The fourth-order valence-corrected chi connectivity index (χ4v) is 2.14. The van der Waals surface area contributed by atoms with Gasteiger partial charge in [0.2, 0.25) is 0 Å². The Morgan fingerprint density at radius 1 is 1.10 bits per heavy atom. The number of hydrogen-bond acceptors (Lipinski definition) is 4. The Balaban J connectivity index is 1.88. The number of nitrogens with zero attached hydrogens (tertiary/aromatic N) is 1. The SMILES string of the molecule is CNc1nc(NCCOc2ccccc2)c(Cl)cc1Cl. The fourth-order valence-electron chi connectivity index (χ4n) is 1.62. The second kappa shape index (κ2) is 7.22. The van der Waals surface area contributed by atoms with Crippen molar-refractivity contribution < 1.29 is 4.74 Å². The number of hydrogen-bond donors (Lipinski definition) is 2. The summed E-state index contributed by atoms with van der Waals surface area (Å²) in [6.07, 6.45) is 0. The molecule has 2 rings (SSSR count). The maximum Gasteiger partial charge on any atom is 0.147 e. The molecule has 2 aromatic rings. The smallest absolute Gasteiger partial charge is 0.147 e. The molecule has 0 atom stereocenters. The average molecular weight is 312 g/mol.